The molecule has 1 aromatic rings. The summed E-state index contributed by atoms with van der Waals surface area (Å²) < 4.78 is 0. The first-order valence-corrected chi connectivity index (χ1v) is 6.02. The molecule has 3 N–H and O–H groups in total. The summed E-state index contributed by atoms with van der Waals surface area (Å²) in [5, 5.41) is 10.4. The lowest BCUT2D eigenvalue weighted by atomic mass is 10.0. The van der Waals surface area contributed by atoms with Gasteiger partial charge in [0.1, 0.15) is 18.0 Å². The zero-order valence-corrected chi connectivity index (χ0v) is 10.5. The maximum Gasteiger partial charge on any atom is 0.136 e. The average Bonchev–Trinajstić information content (AvgIpc) is 2.68. The molecule has 1 aromatic heterocycles. The molecule has 5 nitrogen and oxygen atoms in total. The fourth-order valence-corrected chi connectivity index (χ4v) is 2.55. The van der Waals surface area contributed by atoms with Crippen molar-refractivity contribution in [3.8, 4) is 0 Å². The minimum Gasteiger partial charge on any atom is -0.388 e. The lowest BCUT2D eigenvalue weighted by molar-refractivity contribution is 0.0558. The number of rotatable bonds is 3. The van der Waals surface area contributed by atoms with Gasteiger partial charge in [-0.2, -0.15) is 0 Å². The van der Waals surface area contributed by atoms with Gasteiger partial charge in [0.2, 0.25) is 0 Å². The van der Waals surface area contributed by atoms with Crippen LogP contribution >= 0.6 is 0 Å². The average molecular weight is 236 g/mol. The number of nitrogens with zero attached hydrogens (tertiary/aromatic N) is 3. The third kappa shape index (κ3) is 2.49. The highest BCUT2D eigenvalue weighted by atomic mass is 16.3. The molecule has 0 atom stereocenters. The maximum absolute atomic E-state index is 10.4. The molecule has 1 fully saturated rings. The minimum atomic E-state index is -0.569. The largest absolute Gasteiger partial charge is 0.388 e. The van der Waals surface area contributed by atoms with Gasteiger partial charge in [-0.1, -0.05) is 12.8 Å². The Labute approximate surface area is 102 Å². The summed E-state index contributed by atoms with van der Waals surface area (Å²) in [4.78, 5) is 10.2. The molecule has 0 saturated heterocycles. The first-order chi connectivity index (χ1) is 8.02. The van der Waals surface area contributed by atoms with Crippen molar-refractivity contribution in [2.45, 2.75) is 38.2 Å². The summed E-state index contributed by atoms with van der Waals surface area (Å²) >= 11 is 0. The number of hydrogen-bond acceptors (Lipinski definition) is 5. The standard InChI is InChI=1S/C12H20N4O/c1-9-10(13)14-8-15-11(9)16(2)7-12(17)5-3-4-6-12/h8,17H,3-7H2,1-2H3,(H2,13,14,15). The Morgan fingerprint density at radius 2 is 2.06 bits per heavy atom. The highest BCUT2D eigenvalue weighted by molar-refractivity contribution is 5.55. The Balaban J connectivity index is 2.14. The van der Waals surface area contributed by atoms with Gasteiger partial charge in [-0.15, -0.1) is 0 Å². The molecule has 0 aliphatic heterocycles. The van der Waals surface area contributed by atoms with Crippen molar-refractivity contribution in [1.29, 1.82) is 0 Å². The number of nitrogens with two attached hydrogens (primary N) is 1. The molecule has 1 aliphatic rings. The zero-order valence-electron chi connectivity index (χ0n) is 10.5. The van der Waals surface area contributed by atoms with E-state index < -0.39 is 5.60 Å². The molecule has 0 unspecified atom stereocenters. The number of anilines is 2. The molecule has 0 amide bonds. The summed E-state index contributed by atoms with van der Waals surface area (Å²) in [6.07, 6.45) is 5.42. The molecule has 2 rings (SSSR count). The summed E-state index contributed by atoms with van der Waals surface area (Å²) in [6, 6.07) is 0. The Kier molecular flexibility index (Phi) is 3.19. The monoisotopic (exact) mass is 236 g/mol. The van der Waals surface area contributed by atoms with Gasteiger partial charge in [0, 0.05) is 19.2 Å². The molecular formula is C12H20N4O. The topological polar surface area (TPSA) is 75.3 Å². The van der Waals surface area contributed by atoms with Crippen LogP contribution in [0.25, 0.3) is 0 Å². The van der Waals surface area contributed by atoms with Crippen molar-refractivity contribution in [2.75, 3.05) is 24.2 Å². The van der Waals surface area contributed by atoms with Crippen LogP contribution in [0.5, 0.6) is 0 Å². The van der Waals surface area contributed by atoms with Gasteiger partial charge in [0.05, 0.1) is 5.60 Å². The van der Waals surface area contributed by atoms with Crippen LogP contribution in [0.3, 0.4) is 0 Å². The van der Waals surface area contributed by atoms with Gasteiger partial charge < -0.3 is 15.7 Å². The second-order valence-corrected chi connectivity index (χ2v) is 5.00. The van der Waals surface area contributed by atoms with Crippen LogP contribution in [-0.4, -0.2) is 34.3 Å². The van der Waals surface area contributed by atoms with Gasteiger partial charge in [-0.05, 0) is 19.8 Å². The lowest BCUT2D eigenvalue weighted by Crippen LogP contribution is -2.39. The van der Waals surface area contributed by atoms with E-state index in [1.807, 2.05) is 18.9 Å². The van der Waals surface area contributed by atoms with Gasteiger partial charge in [-0.25, -0.2) is 9.97 Å². The SMILES string of the molecule is Cc1c(N)ncnc1N(C)CC1(O)CCCC1. The fraction of sp³-hybridized carbons (Fsp3) is 0.667. The van der Waals surface area contributed by atoms with Gasteiger partial charge in [-0.3, -0.25) is 0 Å². The molecule has 5 heteroatoms. The van der Waals surface area contributed by atoms with Crippen molar-refractivity contribution in [1.82, 2.24) is 9.97 Å². The van der Waals surface area contributed by atoms with E-state index in [1.54, 1.807) is 0 Å². The van der Waals surface area contributed by atoms with E-state index in [4.69, 9.17) is 5.73 Å². The zero-order chi connectivity index (χ0) is 12.5. The molecule has 1 heterocycles. The molecule has 17 heavy (non-hydrogen) atoms. The molecule has 1 aliphatic carbocycles. The van der Waals surface area contributed by atoms with Gasteiger partial charge >= 0.3 is 0 Å². The summed E-state index contributed by atoms with van der Waals surface area (Å²) in [5.41, 5.74) is 6.06. The lowest BCUT2D eigenvalue weighted by Gasteiger charge is -2.30. The quantitative estimate of drug-likeness (QED) is 0.822. The first kappa shape index (κ1) is 12.1. The van der Waals surface area contributed by atoms with Crippen LogP contribution in [0.4, 0.5) is 11.6 Å². The second-order valence-electron chi connectivity index (χ2n) is 5.00. The summed E-state index contributed by atoms with van der Waals surface area (Å²) in [7, 11) is 1.94. The predicted octanol–water partition coefficient (Wildman–Crippen LogP) is 1.11. The number of likely N-dealkylation sites (N-methyl/N-ethyl adjacent to an activating group) is 1. The molecule has 1 saturated carbocycles. The number of aliphatic hydroxyl groups is 1. The third-order valence-corrected chi connectivity index (χ3v) is 3.52. The summed E-state index contributed by atoms with van der Waals surface area (Å²) in [6.45, 7) is 2.50. The highest BCUT2D eigenvalue weighted by Gasteiger charge is 2.32. The van der Waals surface area contributed by atoms with E-state index in [2.05, 4.69) is 9.97 Å². The number of hydrogen-bond donors (Lipinski definition) is 2. The van der Waals surface area contributed by atoms with Crippen LogP contribution in [0.15, 0.2) is 6.33 Å². The van der Waals surface area contributed by atoms with E-state index in [-0.39, 0.29) is 0 Å². The third-order valence-electron chi connectivity index (χ3n) is 3.52. The number of aromatic nitrogens is 2. The maximum atomic E-state index is 10.4. The van der Waals surface area contributed by atoms with Crippen LogP contribution < -0.4 is 10.6 Å². The smallest absolute Gasteiger partial charge is 0.136 e. The number of nitrogen functional groups attached to an aromatic ring is 1. The van der Waals surface area contributed by atoms with Crippen LogP contribution in [0, 0.1) is 6.92 Å². The van der Waals surface area contributed by atoms with E-state index in [9.17, 15) is 5.11 Å². The fourth-order valence-electron chi connectivity index (χ4n) is 2.55. The minimum absolute atomic E-state index is 0.500. The second kappa shape index (κ2) is 4.49. The van der Waals surface area contributed by atoms with Gasteiger partial charge in [0.15, 0.2) is 0 Å². The Morgan fingerprint density at radius 3 is 2.71 bits per heavy atom. The van der Waals surface area contributed by atoms with Crippen LogP contribution in [0.2, 0.25) is 0 Å². The van der Waals surface area contributed by atoms with Crippen molar-refractivity contribution in [2.24, 2.45) is 0 Å². The molecule has 0 aromatic carbocycles. The highest BCUT2D eigenvalue weighted by Crippen LogP contribution is 2.31. The molecule has 94 valence electrons. The van der Waals surface area contributed by atoms with Crippen molar-refractivity contribution in [3.63, 3.8) is 0 Å². The molecule has 0 spiro atoms. The van der Waals surface area contributed by atoms with Gasteiger partial charge in [0.25, 0.3) is 0 Å². The normalized spacial score (nSPS) is 18.3. The Hall–Kier alpha value is -1.36. The van der Waals surface area contributed by atoms with E-state index in [0.717, 1.165) is 37.1 Å². The van der Waals surface area contributed by atoms with E-state index in [0.29, 0.717) is 12.4 Å². The predicted molar refractivity (Wildman–Crippen MR) is 67.9 cm³/mol. The van der Waals surface area contributed by atoms with E-state index in [1.165, 1.54) is 6.33 Å². The van der Waals surface area contributed by atoms with Crippen molar-refractivity contribution < 1.29 is 5.11 Å². The van der Waals surface area contributed by atoms with Crippen molar-refractivity contribution >= 4 is 11.6 Å². The molecular weight excluding hydrogens is 216 g/mol. The molecule has 0 bridgehead atoms. The van der Waals surface area contributed by atoms with Crippen LogP contribution in [-0.2, 0) is 0 Å². The summed E-state index contributed by atoms with van der Waals surface area (Å²) in [5.74, 6) is 1.30. The first-order valence-electron chi connectivity index (χ1n) is 6.02. The van der Waals surface area contributed by atoms with Crippen LogP contribution in [0.1, 0.15) is 31.2 Å². The molecule has 0 radical (unpaired) electrons. The van der Waals surface area contributed by atoms with E-state index >= 15 is 0 Å². The van der Waals surface area contributed by atoms with Crippen molar-refractivity contribution in [3.05, 3.63) is 11.9 Å². The Morgan fingerprint density at radius 1 is 1.41 bits per heavy atom. The Bertz CT molecular complexity index is 401.